The quantitative estimate of drug-likeness (QED) is 0.559. The summed E-state index contributed by atoms with van der Waals surface area (Å²) in [5.41, 5.74) is -0.822. The third kappa shape index (κ3) is 6.05. The first kappa shape index (κ1) is 23.4. The number of nitrogens with zero attached hydrogens (tertiary/aromatic N) is 4. The van der Waals surface area contributed by atoms with Gasteiger partial charge in [-0.1, -0.05) is 0 Å². The molecule has 1 aromatic heterocycles. The number of urea groups is 1. The molecule has 2 aliphatic heterocycles. The molecular formula is C16H23F3N6O5. The van der Waals surface area contributed by atoms with Gasteiger partial charge < -0.3 is 25.2 Å². The van der Waals surface area contributed by atoms with Crippen molar-refractivity contribution in [2.45, 2.75) is 38.4 Å². The molecule has 11 nitrogen and oxygen atoms in total. The molecule has 3 rings (SSSR count). The van der Waals surface area contributed by atoms with Gasteiger partial charge in [0.15, 0.2) is 0 Å². The summed E-state index contributed by atoms with van der Waals surface area (Å²) >= 11 is 0. The molecule has 0 spiro atoms. The van der Waals surface area contributed by atoms with Crippen molar-refractivity contribution in [3.63, 3.8) is 0 Å². The Balaban J connectivity index is 0.000000396. The number of hydrogen-bond acceptors (Lipinski definition) is 8. The molecule has 0 atom stereocenters. The van der Waals surface area contributed by atoms with Gasteiger partial charge >= 0.3 is 18.2 Å². The summed E-state index contributed by atoms with van der Waals surface area (Å²) in [7, 11) is 0. The van der Waals surface area contributed by atoms with Crippen LogP contribution in [0.3, 0.4) is 0 Å². The topological polar surface area (TPSA) is 141 Å². The minimum atomic E-state index is -5.08. The number of carboxylic acid groups (broad SMARTS) is 1. The molecule has 0 unspecified atom stereocenters. The van der Waals surface area contributed by atoms with Crippen molar-refractivity contribution in [3.05, 3.63) is 5.89 Å². The van der Waals surface area contributed by atoms with Crippen LogP contribution in [0.5, 0.6) is 0 Å². The van der Waals surface area contributed by atoms with E-state index in [0.29, 0.717) is 31.2 Å². The van der Waals surface area contributed by atoms with E-state index in [2.05, 4.69) is 25.7 Å². The zero-order valence-corrected chi connectivity index (χ0v) is 16.5. The molecule has 2 saturated heterocycles. The number of aromatic nitrogens is 2. The van der Waals surface area contributed by atoms with Gasteiger partial charge in [-0.3, -0.25) is 9.69 Å². The summed E-state index contributed by atoms with van der Waals surface area (Å²) in [6.45, 7) is 7.28. The molecule has 1 aromatic rings. The number of carbonyl (C=O) groups excluding carboxylic acids is 2. The van der Waals surface area contributed by atoms with Crippen LogP contribution in [0.2, 0.25) is 0 Å². The molecule has 0 aromatic carbocycles. The van der Waals surface area contributed by atoms with Gasteiger partial charge in [-0.15, -0.1) is 0 Å². The maximum Gasteiger partial charge on any atom is 0.490 e. The zero-order chi connectivity index (χ0) is 22.5. The predicted molar refractivity (Wildman–Crippen MR) is 95.7 cm³/mol. The molecule has 30 heavy (non-hydrogen) atoms. The van der Waals surface area contributed by atoms with Crippen LogP contribution < -0.4 is 15.5 Å². The van der Waals surface area contributed by atoms with E-state index in [1.807, 2.05) is 0 Å². The van der Waals surface area contributed by atoms with Crippen LogP contribution in [0.1, 0.15) is 26.2 Å². The minimum Gasteiger partial charge on any atom is -0.475 e. The Kier molecular flexibility index (Phi) is 7.23. The summed E-state index contributed by atoms with van der Waals surface area (Å²) in [4.78, 5) is 40.4. The zero-order valence-electron chi connectivity index (χ0n) is 16.5. The van der Waals surface area contributed by atoms with Crippen LogP contribution in [0.15, 0.2) is 4.52 Å². The van der Waals surface area contributed by atoms with Crippen molar-refractivity contribution in [1.82, 2.24) is 25.7 Å². The fourth-order valence-corrected chi connectivity index (χ4v) is 2.75. The lowest BCUT2D eigenvalue weighted by Crippen LogP contribution is -2.44. The van der Waals surface area contributed by atoms with Gasteiger partial charge in [-0.25, -0.2) is 9.59 Å². The number of aliphatic carboxylic acids is 1. The first-order chi connectivity index (χ1) is 13.9. The van der Waals surface area contributed by atoms with Gasteiger partial charge in [-0.2, -0.15) is 18.2 Å². The number of carbonyl (C=O) groups is 3. The van der Waals surface area contributed by atoms with Gasteiger partial charge in [0, 0.05) is 39.1 Å². The summed E-state index contributed by atoms with van der Waals surface area (Å²) in [5.74, 6) is -1.82. The Bertz CT molecular complexity index is 776. The fraction of sp³-hybridized carbons (Fsp3) is 0.688. The Morgan fingerprint density at radius 1 is 1.27 bits per heavy atom. The molecule has 168 valence electrons. The van der Waals surface area contributed by atoms with Crippen molar-refractivity contribution in [3.8, 4) is 0 Å². The number of halogens is 3. The average molecular weight is 436 g/mol. The van der Waals surface area contributed by atoms with E-state index < -0.39 is 17.7 Å². The standard InChI is InChI=1S/C14H22N6O3.C2HF3O2/c1-14(2)11(21)20(13(22)17-14)7-3-4-10-16-12(18-23-10)19-8-5-15-6-9-19;3-2(4,5)1(6)7/h15H,3-9H2,1-2H3,(H,17,22);(H,6,7). The highest BCUT2D eigenvalue weighted by Crippen LogP contribution is 2.18. The van der Waals surface area contributed by atoms with E-state index in [4.69, 9.17) is 14.4 Å². The smallest absolute Gasteiger partial charge is 0.475 e. The lowest BCUT2D eigenvalue weighted by Gasteiger charge is -2.25. The van der Waals surface area contributed by atoms with Crippen molar-refractivity contribution in [2.75, 3.05) is 37.6 Å². The monoisotopic (exact) mass is 436 g/mol. The number of carboxylic acids is 1. The lowest BCUT2D eigenvalue weighted by atomic mass is 10.1. The maximum absolute atomic E-state index is 12.1. The van der Waals surface area contributed by atoms with Gasteiger partial charge in [0.1, 0.15) is 5.54 Å². The largest absolute Gasteiger partial charge is 0.490 e. The third-order valence-electron chi connectivity index (χ3n) is 4.32. The van der Waals surface area contributed by atoms with Gasteiger partial charge in [0.25, 0.3) is 11.9 Å². The Morgan fingerprint density at radius 2 is 1.87 bits per heavy atom. The van der Waals surface area contributed by atoms with Crippen LogP contribution in [0, 0.1) is 0 Å². The maximum atomic E-state index is 12.1. The number of piperazine rings is 1. The molecule has 0 aliphatic carbocycles. The second-order valence-corrected chi connectivity index (χ2v) is 7.14. The van der Waals surface area contributed by atoms with Crippen LogP contribution in [-0.2, 0) is 16.0 Å². The van der Waals surface area contributed by atoms with Crippen LogP contribution in [0.25, 0.3) is 0 Å². The number of anilines is 1. The number of amides is 3. The van der Waals surface area contributed by atoms with Crippen LogP contribution in [-0.4, -0.2) is 82.5 Å². The van der Waals surface area contributed by atoms with E-state index in [9.17, 15) is 22.8 Å². The molecule has 3 N–H and O–H groups in total. The lowest BCUT2D eigenvalue weighted by molar-refractivity contribution is -0.192. The number of nitrogens with one attached hydrogen (secondary N) is 2. The second-order valence-electron chi connectivity index (χ2n) is 7.14. The SMILES string of the molecule is CC1(C)NC(=O)N(CCCc2nc(N3CCNCC3)no2)C1=O.O=C(O)C(F)(F)F. The highest BCUT2D eigenvalue weighted by atomic mass is 19.4. The summed E-state index contributed by atoms with van der Waals surface area (Å²) in [5, 5.41) is 17.1. The summed E-state index contributed by atoms with van der Waals surface area (Å²) in [6.07, 6.45) is -3.95. The first-order valence-electron chi connectivity index (χ1n) is 9.14. The van der Waals surface area contributed by atoms with Crippen LogP contribution in [0.4, 0.5) is 23.9 Å². The number of hydrogen-bond donors (Lipinski definition) is 3. The van der Waals surface area contributed by atoms with Gasteiger partial charge in [-0.05, 0) is 25.4 Å². The number of aryl methyl sites for hydroxylation is 1. The molecule has 0 bridgehead atoms. The molecule has 3 heterocycles. The summed E-state index contributed by atoms with van der Waals surface area (Å²) in [6, 6.07) is -0.341. The Hall–Kier alpha value is -2.90. The molecule has 0 radical (unpaired) electrons. The third-order valence-corrected chi connectivity index (χ3v) is 4.32. The fourth-order valence-electron chi connectivity index (χ4n) is 2.75. The second kappa shape index (κ2) is 9.28. The van der Waals surface area contributed by atoms with Crippen molar-refractivity contribution in [1.29, 1.82) is 0 Å². The van der Waals surface area contributed by atoms with Gasteiger partial charge in [0.05, 0.1) is 0 Å². The van der Waals surface area contributed by atoms with Crippen LogP contribution >= 0.6 is 0 Å². The average Bonchev–Trinajstić information content (AvgIpc) is 3.20. The summed E-state index contributed by atoms with van der Waals surface area (Å²) < 4.78 is 37.0. The van der Waals surface area contributed by atoms with Crippen molar-refractivity contribution >= 4 is 23.9 Å². The molecule has 14 heteroatoms. The molecule has 2 fully saturated rings. The van der Waals surface area contributed by atoms with Gasteiger partial charge in [0.2, 0.25) is 5.89 Å². The first-order valence-corrected chi connectivity index (χ1v) is 9.14. The highest BCUT2D eigenvalue weighted by molar-refractivity contribution is 6.06. The molecule has 0 saturated carbocycles. The van der Waals surface area contributed by atoms with E-state index in [0.717, 1.165) is 26.2 Å². The molecule has 3 amide bonds. The molecule has 2 aliphatic rings. The normalized spacial score (nSPS) is 18.7. The van der Waals surface area contributed by atoms with E-state index in [1.54, 1.807) is 13.8 Å². The van der Waals surface area contributed by atoms with E-state index >= 15 is 0 Å². The van der Waals surface area contributed by atoms with E-state index in [1.165, 1.54) is 4.90 Å². The van der Waals surface area contributed by atoms with E-state index in [-0.39, 0.29) is 11.9 Å². The number of alkyl halides is 3. The number of rotatable bonds is 5. The Morgan fingerprint density at radius 3 is 2.37 bits per heavy atom. The highest BCUT2D eigenvalue weighted by Gasteiger charge is 2.43. The van der Waals surface area contributed by atoms with Crippen molar-refractivity contribution in [2.24, 2.45) is 0 Å². The van der Waals surface area contributed by atoms with Crippen molar-refractivity contribution < 1.29 is 37.2 Å². The minimum absolute atomic E-state index is 0.200. The molecular weight excluding hydrogens is 413 g/mol. The predicted octanol–water partition coefficient (Wildman–Crippen LogP) is 0.376. The number of imide groups is 1. The Labute approximate surface area is 169 Å².